The Hall–Kier alpha value is -1.06. The number of hydrogen-bond donors (Lipinski definition) is 1. The fraction of sp³-hybridized carbons (Fsp3) is 0.571. The van der Waals surface area contributed by atoms with E-state index in [1.807, 2.05) is 12.1 Å². The van der Waals surface area contributed by atoms with Gasteiger partial charge in [0.2, 0.25) is 0 Å². The van der Waals surface area contributed by atoms with Crippen molar-refractivity contribution >= 4 is 0 Å². The van der Waals surface area contributed by atoms with Crippen molar-refractivity contribution in [3.63, 3.8) is 0 Å². The zero-order chi connectivity index (χ0) is 12.7. The largest absolute Gasteiger partial charge is 0.497 e. The van der Waals surface area contributed by atoms with E-state index in [1.165, 1.54) is 5.56 Å². The summed E-state index contributed by atoms with van der Waals surface area (Å²) in [6, 6.07) is 8.61. The van der Waals surface area contributed by atoms with Crippen LogP contribution < -0.4 is 10.1 Å². The van der Waals surface area contributed by atoms with Crippen molar-refractivity contribution in [2.24, 2.45) is 0 Å². The molecular formula is C14H24N2O. The van der Waals surface area contributed by atoms with Crippen LogP contribution in [0.25, 0.3) is 0 Å². The molecule has 0 radical (unpaired) electrons. The molecule has 0 heterocycles. The van der Waals surface area contributed by atoms with Crippen molar-refractivity contribution in [2.75, 3.05) is 33.8 Å². The van der Waals surface area contributed by atoms with Gasteiger partial charge in [0.1, 0.15) is 5.75 Å². The van der Waals surface area contributed by atoms with E-state index in [-0.39, 0.29) is 0 Å². The summed E-state index contributed by atoms with van der Waals surface area (Å²) in [5, 5.41) is 3.52. The van der Waals surface area contributed by atoms with Crippen LogP contribution in [0.4, 0.5) is 0 Å². The molecule has 3 nitrogen and oxygen atoms in total. The SMILES string of the molecule is CCN(C)CCNC(C)c1ccc(OC)cc1. The van der Waals surface area contributed by atoms with E-state index in [4.69, 9.17) is 4.74 Å². The second-order valence-corrected chi connectivity index (χ2v) is 4.34. The molecule has 0 aromatic heterocycles. The first kappa shape index (κ1) is 14.0. The Kier molecular flexibility index (Phi) is 6.01. The number of benzene rings is 1. The van der Waals surface area contributed by atoms with Gasteiger partial charge >= 0.3 is 0 Å². The third-order valence-electron chi connectivity index (χ3n) is 3.10. The lowest BCUT2D eigenvalue weighted by Gasteiger charge is -2.18. The lowest BCUT2D eigenvalue weighted by molar-refractivity contribution is 0.342. The number of likely N-dealkylation sites (N-methyl/N-ethyl adjacent to an activating group) is 1. The highest BCUT2D eigenvalue weighted by Gasteiger charge is 2.04. The number of nitrogens with one attached hydrogen (secondary N) is 1. The van der Waals surface area contributed by atoms with Crippen LogP contribution in [0.5, 0.6) is 5.75 Å². The Labute approximate surface area is 105 Å². The average Bonchev–Trinajstić information content (AvgIpc) is 2.38. The van der Waals surface area contributed by atoms with Gasteiger partial charge in [-0.1, -0.05) is 19.1 Å². The molecule has 1 atom stereocenters. The molecule has 1 unspecified atom stereocenters. The molecule has 0 amide bonds. The quantitative estimate of drug-likeness (QED) is 0.786. The molecule has 1 aromatic carbocycles. The van der Waals surface area contributed by atoms with E-state index >= 15 is 0 Å². The smallest absolute Gasteiger partial charge is 0.118 e. The number of nitrogens with zero attached hydrogens (tertiary/aromatic N) is 1. The summed E-state index contributed by atoms with van der Waals surface area (Å²) in [6.45, 7) is 7.55. The van der Waals surface area contributed by atoms with Crippen molar-refractivity contribution in [2.45, 2.75) is 19.9 Å². The van der Waals surface area contributed by atoms with Crippen molar-refractivity contribution in [3.05, 3.63) is 29.8 Å². The highest BCUT2D eigenvalue weighted by atomic mass is 16.5. The summed E-state index contributed by atoms with van der Waals surface area (Å²) in [7, 11) is 3.83. The summed E-state index contributed by atoms with van der Waals surface area (Å²) in [5.41, 5.74) is 1.30. The third kappa shape index (κ3) is 4.75. The van der Waals surface area contributed by atoms with Crippen molar-refractivity contribution < 1.29 is 4.74 Å². The molecule has 0 spiro atoms. The van der Waals surface area contributed by atoms with E-state index in [2.05, 4.69) is 43.2 Å². The Morgan fingerprint density at radius 2 is 1.94 bits per heavy atom. The lowest BCUT2D eigenvalue weighted by Crippen LogP contribution is -2.30. The molecule has 0 fully saturated rings. The fourth-order valence-electron chi connectivity index (χ4n) is 1.64. The van der Waals surface area contributed by atoms with E-state index in [1.54, 1.807) is 7.11 Å². The molecule has 0 bridgehead atoms. The number of hydrogen-bond acceptors (Lipinski definition) is 3. The Balaban J connectivity index is 2.38. The number of ether oxygens (including phenoxy) is 1. The second kappa shape index (κ2) is 7.30. The van der Waals surface area contributed by atoms with Crippen LogP contribution >= 0.6 is 0 Å². The molecule has 1 aromatic rings. The topological polar surface area (TPSA) is 24.5 Å². The van der Waals surface area contributed by atoms with Crippen LogP contribution in [0.3, 0.4) is 0 Å². The van der Waals surface area contributed by atoms with Crippen molar-refractivity contribution in [1.82, 2.24) is 10.2 Å². The maximum Gasteiger partial charge on any atom is 0.118 e. The monoisotopic (exact) mass is 236 g/mol. The third-order valence-corrected chi connectivity index (χ3v) is 3.10. The maximum absolute atomic E-state index is 5.15. The Morgan fingerprint density at radius 3 is 2.47 bits per heavy atom. The van der Waals surface area contributed by atoms with E-state index < -0.39 is 0 Å². The zero-order valence-corrected chi connectivity index (χ0v) is 11.4. The van der Waals surface area contributed by atoms with Gasteiger partial charge in [0, 0.05) is 19.1 Å². The predicted octanol–water partition coefficient (Wildman–Crippen LogP) is 2.30. The molecule has 0 aliphatic heterocycles. The molecule has 17 heavy (non-hydrogen) atoms. The van der Waals surface area contributed by atoms with Crippen LogP contribution in [0.1, 0.15) is 25.5 Å². The summed E-state index contributed by atoms with van der Waals surface area (Å²) in [4.78, 5) is 2.30. The molecular weight excluding hydrogens is 212 g/mol. The van der Waals surface area contributed by atoms with Gasteiger partial charge in [0.05, 0.1) is 7.11 Å². The average molecular weight is 236 g/mol. The van der Waals surface area contributed by atoms with Crippen LogP contribution in [0, 0.1) is 0 Å². The minimum Gasteiger partial charge on any atom is -0.497 e. The van der Waals surface area contributed by atoms with Gasteiger partial charge in [-0.25, -0.2) is 0 Å². The highest BCUT2D eigenvalue weighted by Crippen LogP contribution is 2.16. The first-order valence-electron chi connectivity index (χ1n) is 6.23. The van der Waals surface area contributed by atoms with E-state index in [0.29, 0.717) is 6.04 Å². The van der Waals surface area contributed by atoms with Crippen LogP contribution in [-0.2, 0) is 0 Å². The van der Waals surface area contributed by atoms with Crippen LogP contribution in [-0.4, -0.2) is 38.7 Å². The molecule has 0 saturated carbocycles. The van der Waals surface area contributed by atoms with Crippen molar-refractivity contribution in [3.8, 4) is 5.75 Å². The Bertz CT molecular complexity index is 311. The number of rotatable bonds is 7. The molecule has 3 heteroatoms. The molecule has 0 saturated heterocycles. The van der Waals surface area contributed by atoms with Crippen LogP contribution in [0.2, 0.25) is 0 Å². The maximum atomic E-state index is 5.15. The molecule has 1 rings (SSSR count). The van der Waals surface area contributed by atoms with Gasteiger partial charge in [0.25, 0.3) is 0 Å². The van der Waals surface area contributed by atoms with Gasteiger partial charge in [-0.3, -0.25) is 0 Å². The summed E-state index contributed by atoms with van der Waals surface area (Å²) >= 11 is 0. The standard InChI is InChI=1S/C14H24N2O/c1-5-16(3)11-10-15-12(2)13-6-8-14(17-4)9-7-13/h6-9,12,15H,5,10-11H2,1-4H3. The predicted molar refractivity (Wildman–Crippen MR) is 72.6 cm³/mol. The van der Waals surface area contributed by atoms with Gasteiger partial charge < -0.3 is 15.0 Å². The first-order chi connectivity index (χ1) is 8.17. The van der Waals surface area contributed by atoms with Gasteiger partial charge in [-0.05, 0) is 38.2 Å². The lowest BCUT2D eigenvalue weighted by atomic mass is 10.1. The number of methoxy groups -OCH3 is 1. The molecule has 0 aliphatic rings. The zero-order valence-electron chi connectivity index (χ0n) is 11.4. The summed E-state index contributed by atoms with van der Waals surface area (Å²) < 4.78 is 5.15. The Morgan fingerprint density at radius 1 is 1.29 bits per heavy atom. The van der Waals surface area contributed by atoms with E-state index in [9.17, 15) is 0 Å². The molecule has 0 aliphatic carbocycles. The minimum atomic E-state index is 0.381. The second-order valence-electron chi connectivity index (χ2n) is 4.34. The highest BCUT2D eigenvalue weighted by molar-refractivity contribution is 5.28. The minimum absolute atomic E-state index is 0.381. The molecule has 96 valence electrons. The van der Waals surface area contributed by atoms with Gasteiger partial charge in [-0.15, -0.1) is 0 Å². The summed E-state index contributed by atoms with van der Waals surface area (Å²) in [6.07, 6.45) is 0. The van der Waals surface area contributed by atoms with Crippen LogP contribution in [0.15, 0.2) is 24.3 Å². The first-order valence-corrected chi connectivity index (χ1v) is 6.23. The van der Waals surface area contributed by atoms with Gasteiger partial charge in [0.15, 0.2) is 0 Å². The normalized spacial score (nSPS) is 12.8. The van der Waals surface area contributed by atoms with E-state index in [0.717, 1.165) is 25.4 Å². The fourth-order valence-corrected chi connectivity index (χ4v) is 1.64. The van der Waals surface area contributed by atoms with Crippen molar-refractivity contribution in [1.29, 1.82) is 0 Å². The van der Waals surface area contributed by atoms with Gasteiger partial charge in [-0.2, -0.15) is 0 Å². The molecule has 1 N–H and O–H groups in total. The summed E-state index contributed by atoms with van der Waals surface area (Å²) in [5.74, 6) is 0.909.